The van der Waals surface area contributed by atoms with Gasteiger partial charge in [-0.25, -0.2) is 21.6 Å². The Morgan fingerprint density at radius 3 is 2.56 bits per heavy atom. The third-order valence-corrected chi connectivity index (χ3v) is 12.5. The molecule has 0 amide bonds. The zero-order valence-corrected chi connectivity index (χ0v) is 28.7. The van der Waals surface area contributed by atoms with E-state index in [1.807, 2.05) is 0 Å². The van der Waals surface area contributed by atoms with Crippen molar-refractivity contribution in [3.05, 3.63) is 46.9 Å². The third kappa shape index (κ3) is 8.76. The van der Waals surface area contributed by atoms with Gasteiger partial charge in [-0.1, -0.05) is 22.0 Å². The van der Waals surface area contributed by atoms with Gasteiger partial charge in [-0.15, -0.1) is 0 Å². The molecule has 0 radical (unpaired) electrons. The maximum Gasteiger partial charge on any atom is 0.246 e. The lowest BCUT2D eigenvalue weighted by molar-refractivity contribution is -0.0312. The first-order valence-electron chi connectivity index (χ1n) is 15.4. The van der Waals surface area contributed by atoms with E-state index in [4.69, 9.17) is 14.2 Å². The number of aliphatic hydroxyl groups is 1. The Kier molecular flexibility index (Phi) is 11.5. The van der Waals surface area contributed by atoms with Gasteiger partial charge < -0.3 is 24.6 Å². The van der Waals surface area contributed by atoms with E-state index < -0.39 is 31.8 Å². The van der Waals surface area contributed by atoms with Crippen LogP contribution >= 0.6 is 15.9 Å². The molecule has 0 saturated carbocycles. The molecule has 12 nitrogen and oxygen atoms in total. The van der Waals surface area contributed by atoms with Crippen LogP contribution in [0.25, 0.3) is 0 Å². The van der Waals surface area contributed by atoms with Crippen LogP contribution < -0.4 is 19.5 Å². The molecular weight excluding hydrogens is 688 g/mol. The van der Waals surface area contributed by atoms with Crippen LogP contribution in [0.2, 0.25) is 0 Å². The molecule has 2 aromatic carbocycles. The largest absolute Gasteiger partial charge is 0.491 e. The molecule has 2 unspecified atom stereocenters. The number of rotatable bonds is 14. The van der Waals surface area contributed by atoms with E-state index in [2.05, 4.69) is 30.9 Å². The van der Waals surface area contributed by atoms with Crippen LogP contribution in [-0.4, -0.2) is 115 Å². The number of aliphatic hydroxyl groups excluding tert-OH is 1. The van der Waals surface area contributed by atoms with Crippen molar-refractivity contribution < 1.29 is 36.2 Å². The molecule has 250 valence electrons. The van der Waals surface area contributed by atoms with Crippen molar-refractivity contribution in [2.75, 3.05) is 66.1 Å². The topological polar surface area (TPSA) is 147 Å². The summed E-state index contributed by atoms with van der Waals surface area (Å²) in [7, 11) is -6.03. The standard InChI is InChI=1S/C30H43BrN4O8S2/c1-32-44(37,38)27-6-4-5-26(18-27)42-22-25(36)20-33-24-19-30(43-21-24)9-13-35(14-10-30)45(39,40)29-17-23(31)7-8-28(29)41-16-15-34-11-2-3-12-34/h4-8,17-18,24-25,32-33,36H,2-3,9-16,19-22H2,1H3. The summed E-state index contributed by atoms with van der Waals surface area (Å²) in [5.41, 5.74) is -0.420. The number of sulfonamides is 2. The van der Waals surface area contributed by atoms with Crippen molar-refractivity contribution in [1.29, 1.82) is 0 Å². The average Bonchev–Trinajstić information content (AvgIpc) is 3.70. The summed E-state index contributed by atoms with van der Waals surface area (Å²) in [4.78, 5) is 2.59. The number of nitrogens with zero attached hydrogens (tertiary/aromatic N) is 2. The Morgan fingerprint density at radius 2 is 1.82 bits per heavy atom. The molecule has 0 aliphatic carbocycles. The van der Waals surface area contributed by atoms with Gasteiger partial charge in [-0.2, -0.15) is 4.31 Å². The molecule has 3 aliphatic heterocycles. The first-order chi connectivity index (χ1) is 21.5. The van der Waals surface area contributed by atoms with Crippen molar-refractivity contribution in [2.45, 2.75) is 59.6 Å². The van der Waals surface area contributed by atoms with Crippen molar-refractivity contribution in [2.24, 2.45) is 0 Å². The van der Waals surface area contributed by atoms with E-state index in [9.17, 15) is 21.9 Å². The van der Waals surface area contributed by atoms with Crippen LogP contribution in [0.3, 0.4) is 0 Å². The molecular formula is C30H43BrN4O8S2. The van der Waals surface area contributed by atoms with Crippen LogP contribution in [0.4, 0.5) is 0 Å². The summed E-state index contributed by atoms with van der Waals surface area (Å²) in [5, 5.41) is 13.8. The molecule has 2 aromatic rings. The Labute approximate surface area is 274 Å². The number of nitrogens with one attached hydrogen (secondary N) is 2. The molecule has 2 atom stereocenters. The molecule has 15 heteroatoms. The minimum Gasteiger partial charge on any atom is -0.491 e. The number of piperidine rings is 1. The molecule has 3 N–H and O–H groups in total. The van der Waals surface area contributed by atoms with E-state index in [1.54, 1.807) is 30.3 Å². The fourth-order valence-electron chi connectivity index (χ4n) is 6.09. The molecule has 45 heavy (non-hydrogen) atoms. The van der Waals surface area contributed by atoms with Crippen LogP contribution in [-0.2, 0) is 24.8 Å². The second-order valence-corrected chi connectivity index (χ2v) is 16.6. The summed E-state index contributed by atoms with van der Waals surface area (Å²) < 4.78 is 73.9. The second kappa shape index (κ2) is 14.9. The monoisotopic (exact) mass is 730 g/mol. The molecule has 3 aliphatic rings. The maximum absolute atomic E-state index is 13.8. The summed E-state index contributed by atoms with van der Waals surface area (Å²) >= 11 is 3.43. The van der Waals surface area contributed by atoms with Gasteiger partial charge in [0.2, 0.25) is 20.0 Å². The second-order valence-electron chi connectivity index (χ2n) is 11.8. The zero-order chi connectivity index (χ0) is 32.1. The van der Waals surface area contributed by atoms with Gasteiger partial charge in [0.1, 0.15) is 35.7 Å². The van der Waals surface area contributed by atoms with Crippen LogP contribution in [0, 0.1) is 0 Å². The lowest BCUT2D eigenvalue weighted by Gasteiger charge is -2.38. The van der Waals surface area contributed by atoms with Gasteiger partial charge in [0.25, 0.3) is 0 Å². The smallest absolute Gasteiger partial charge is 0.246 e. The summed E-state index contributed by atoms with van der Waals surface area (Å²) in [6.45, 7) is 4.72. The molecule has 3 heterocycles. The summed E-state index contributed by atoms with van der Waals surface area (Å²) in [5.74, 6) is 0.719. The number of ether oxygens (including phenoxy) is 3. The van der Waals surface area contributed by atoms with Gasteiger partial charge in [0, 0.05) is 42.8 Å². The van der Waals surface area contributed by atoms with Crippen LogP contribution in [0.1, 0.15) is 32.1 Å². The highest BCUT2D eigenvalue weighted by molar-refractivity contribution is 9.10. The predicted octanol–water partition coefficient (Wildman–Crippen LogP) is 2.17. The van der Waals surface area contributed by atoms with Crippen LogP contribution in [0.5, 0.6) is 11.5 Å². The van der Waals surface area contributed by atoms with E-state index in [1.165, 1.54) is 36.3 Å². The lowest BCUT2D eigenvalue weighted by atomic mass is 9.88. The fourth-order valence-corrected chi connectivity index (χ4v) is 8.97. The minimum absolute atomic E-state index is 0.00703. The van der Waals surface area contributed by atoms with E-state index in [0.717, 1.165) is 19.6 Å². The van der Waals surface area contributed by atoms with Crippen molar-refractivity contribution in [3.63, 3.8) is 0 Å². The molecule has 5 rings (SSSR count). The Bertz CT molecular complexity index is 1510. The summed E-state index contributed by atoms with van der Waals surface area (Å²) in [6.07, 6.45) is 3.41. The zero-order valence-electron chi connectivity index (χ0n) is 25.5. The number of hydrogen-bond donors (Lipinski definition) is 3. The highest BCUT2D eigenvalue weighted by Gasteiger charge is 2.45. The first-order valence-corrected chi connectivity index (χ1v) is 19.1. The Balaban J connectivity index is 1.09. The van der Waals surface area contributed by atoms with Gasteiger partial charge >= 0.3 is 0 Å². The quantitative estimate of drug-likeness (QED) is 0.264. The van der Waals surface area contributed by atoms with E-state index in [-0.39, 0.29) is 29.0 Å². The van der Waals surface area contributed by atoms with Gasteiger partial charge in [0.15, 0.2) is 0 Å². The number of hydrogen-bond acceptors (Lipinski definition) is 10. The maximum atomic E-state index is 13.8. The fraction of sp³-hybridized carbons (Fsp3) is 0.600. The average molecular weight is 732 g/mol. The normalized spacial score (nSPS) is 21.7. The highest BCUT2D eigenvalue weighted by atomic mass is 79.9. The summed E-state index contributed by atoms with van der Waals surface area (Å²) in [6, 6.07) is 11.2. The number of halogens is 1. The van der Waals surface area contributed by atoms with Crippen LogP contribution in [0.15, 0.2) is 56.7 Å². The minimum atomic E-state index is -3.78. The molecule has 0 bridgehead atoms. The predicted molar refractivity (Wildman–Crippen MR) is 173 cm³/mol. The Morgan fingerprint density at radius 1 is 1.07 bits per heavy atom. The van der Waals surface area contributed by atoms with Crippen molar-refractivity contribution >= 4 is 36.0 Å². The number of likely N-dealkylation sites (tertiary alicyclic amines) is 1. The lowest BCUT2D eigenvalue weighted by Crippen LogP contribution is -2.47. The molecule has 3 saturated heterocycles. The molecule has 0 aromatic heterocycles. The third-order valence-electron chi connectivity index (χ3n) is 8.70. The first kappa shape index (κ1) is 34.5. The highest BCUT2D eigenvalue weighted by Crippen LogP contribution is 2.39. The van der Waals surface area contributed by atoms with Crippen molar-refractivity contribution in [1.82, 2.24) is 19.2 Å². The number of benzene rings is 2. The van der Waals surface area contributed by atoms with Crippen molar-refractivity contribution in [3.8, 4) is 11.5 Å². The van der Waals surface area contributed by atoms with Gasteiger partial charge in [-0.05, 0) is 82.6 Å². The molecule has 1 spiro atoms. The molecule has 3 fully saturated rings. The van der Waals surface area contributed by atoms with Gasteiger partial charge in [0.05, 0.1) is 17.1 Å². The van der Waals surface area contributed by atoms with E-state index in [0.29, 0.717) is 61.5 Å². The van der Waals surface area contributed by atoms with Gasteiger partial charge in [-0.3, -0.25) is 4.90 Å². The Hall–Kier alpha value is -1.82. The SMILES string of the molecule is CNS(=O)(=O)c1cccc(OCC(O)CNC2COC3(CCN(S(=O)(=O)c4cc(Br)ccc4OCCN4CCCC4)CC3)C2)c1. The van der Waals surface area contributed by atoms with E-state index >= 15 is 0 Å².